The highest BCUT2D eigenvalue weighted by molar-refractivity contribution is 6.01. The van der Waals surface area contributed by atoms with Gasteiger partial charge >= 0.3 is 5.97 Å². The summed E-state index contributed by atoms with van der Waals surface area (Å²) < 4.78 is 19.1. The fraction of sp³-hybridized carbons (Fsp3) is 0.567. The Morgan fingerprint density at radius 1 is 1.11 bits per heavy atom. The van der Waals surface area contributed by atoms with Crippen LogP contribution in [0.3, 0.4) is 0 Å². The minimum atomic E-state index is -0.450. The summed E-state index contributed by atoms with van der Waals surface area (Å²) in [5.41, 5.74) is 4.15. The van der Waals surface area contributed by atoms with Crippen LogP contribution >= 0.6 is 0 Å². The van der Waals surface area contributed by atoms with Gasteiger partial charge in [0.15, 0.2) is 11.3 Å². The number of hydrogen-bond donors (Lipinski definition) is 0. The monoisotopic (exact) mass is 520 g/mol. The number of aromatic nitrogens is 3. The fourth-order valence-corrected chi connectivity index (χ4v) is 5.39. The zero-order valence-electron chi connectivity index (χ0n) is 22.9. The molecule has 8 nitrogen and oxygen atoms in total. The highest BCUT2D eigenvalue weighted by Gasteiger charge is 2.28. The molecule has 0 radical (unpaired) electrons. The van der Waals surface area contributed by atoms with Crippen LogP contribution in [-0.4, -0.2) is 65.2 Å². The summed E-state index contributed by atoms with van der Waals surface area (Å²) in [5, 5.41) is 5.89. The second kappa shape index (κ2) is 12.3. The number of hydrogen-bond acceptors (Lipinski definition) is 7. The first kappa shape index (κ1) is 26.6. The first-order valence-electron chi connectivity index (χ1n) is 14.2. The van der Waals surface area contributed by atoms with Crippen molar-refractivity contribution in [2.45, 2.75) is 77.5 Å². The molecule has 1 saturated heterocycles. The van der Waals surface area contributed by atoms with Gasteiger partial charge in [-0.2, -0.15) is 0 Å². The summed E-state index contributed by atoms with van der Waals surface area (Å²) >= 11 is 0. The Bertz CT molecular complexity index is 1220. The van der Waals surface area contributed by atoms with Crippen molar-refractivity contribution in [1.29, 1.82) is 0 Å². The first-order chi connectivity index (χ1) is 18.6. The van der Waals surface area contributed by atoms with Gasteiger partial charge in [-0.3, -0.25) is 4.90 Å². The molecule has 2 fully saturated rings. The molecule has 1 saturated carbocycles. The topological polar surface area (TPSA) is 78.7 Å². The zero-order valence-corrected chi connectivity index (χ0v) is 22.9. The maximum absolute atomic E-state index is 12.7. The normalized spacial score (nSPS) is 16.6. The van der Waals surface area contributed by atoms with Crippen molar-refractivity contribution in [3.8, 4) is 17.0 Å². The van der Waals surface area contributed by atoms with Gasteiger partial charge in [0.05, 0.1) is 31.8 Å². The number of rotatable bonds is 11. The summed E-state index contributed by atoms with van der Waals surface area (Å²) in [7, 11) is 1.40. The molecule has 2 aromatic heterocycles. The van der Waals surface area contributed by atoms with Crippen LogP contribution in [0, 0.1) is 0 Å². The number of carbonyl (C=O) groups excluding carboxylic acids is 1. The van der Waals surface area contributed by atoms with Crippen LogP contribution in [0.1, 0.15) is 80.9 Å². The van der Waals surface area contributed by atoms with Gasteiger partial charge in [0.1, 0.15) is 6.10 Å². The summed E-state index contributed by atoms with van der Waals surface area (Å²) in [6, 6.07) is 10.6. The Morgan fingerprint density at radius 2 is 1.82 bits per heavy atom. The smallest absolute Gasteiger partial charge is 0.356 e. The number of esters is 1. The molecule has 38 heavy (non-hydrogen) atoms. The molecule has 0 bridgehead atoms. The minimum absolute atomic E-state index is 0.182. The lowest BCUT2D eigenvalue weighted by Gasteiger charge is -2.26. The minimum Gasteiger partial charge on any atom is -0.473 e. The maximum atomic E-state index is 12.7. The number of carbonyl (C=O) groups is 1. The van der Waals surface area contributed by atoms with Crippen molar-refractivity contribution in [2.24, 2.45) is 0 Å². The largest absolute Gasteiger partial charge is 0.473 e. The molecular formula is C30H40N4O4. The van der Waals surface area contributed by atoms with Gasteiger partial charge in [-0.15, -0.1) is 5.10 Å². The first-order valence-corrected chi connectivity index (χ1v) is 14.2. The Hall–Kier alpha value is -2.97. The zero-order chi connectivity index (χ0) is 26.5. The highest BCUT2D eigenvalue weighted by atomic mass is 16.5. The van der Waals surface area contributed by atoms with E-state index in [1.165, 1.54) is 19.1 Å². The number of methoxy groups -OCH3 is 1. The molecule has 1 aliphatic heterocycles. The summed E-state index contributed by atoms with van der Waals surface area (Å²) in [5.74, 6) is 0.173. The Balaban J connectivity index is 1.61. The van der Waals surface area contributed by atoms with E-state index >= 15 is 0 Å². The van der Waals surface area contributed by atoms with Gasteiger partial charge in [0, 0.05) is 25.2 Å². The predicted octanol–water partition coefficient (Wildman–Crippen LogP) is 5.79. The van der Waals surface area contributed by atoms with Gasteiger partial charge in [0.25, 0.3) is 0 Å². The lowest BCUT2D eigenvalue weighted by atomic mass is 9.96. The molecule has 2 aliphatic rings. The van der Waals surface area contributed by atoms with E-state index in [9.17, 15) is 4.79 Å². The Morgan fingerprint density at radius 3 is 2.42 bits per heavy atom. The van der Waals surface area contributed by atoms with Gasteiger partial charge in [-0.25, -0.2) is 14.5 Å². The SMILES string of the molecule is CCCC(CCC)n1nc(OC2CCC2)c2c(-c3ccc(CN4CCOCC4)cc3)cc(C(=O)OC)nc21. The number of ether oxygens (including phenoxy) is 3. The molecule has 0 N–H and O–H groups in total. The summed E-state index contributed by atoms with van der Waals surface area (Å²) in [6.07, 6.45) is 7.51. The van der Waals surface area contributed by atoms with E-state index in [2.05, 4.69) is 43.0 Å². The molecule has 8 heteroatoms. The highest BCUT2D eigenvalue weighted by Crippen LogP contribution is 2.39. The average Bonchev–Trinajstić information content (AvgIpc) is 3.29. The Kier molecular flexibility index (Phi) is 8.59. The molecule has 1 aromatic carbocycles. The molecule has 0 atom stereocenters. The van der Waals surface area contributed by atoms with E-state index in [0.717, 1.165) is 87.9 Å². The van der Waals surface area contributed by atoms with Crippen LogP contribution in [0.25, 0.3) is 22.2 Å². The third-order valence-electron chi connectivity index (χ3n) is 7.72. The second-order valence-corrected chi connectivity index (χ2v) is 10.5. The van der Waals surface area contributed by atoms with Crippen LogP contribution in [0.4, 0.5) is 0 Å². The molecule has 5 rings (SSSR count). The van der Waals surface area contributed by atoms with E-state index in [-0.39, 0.29) is 17.8 Å². The predicted molar refractivity (Wildman–Crippen MR) is 148 cm³/mol. The quantitative estimate of drug-likeness (QED) is 0.296. The molecule has 3 heterocycles. The van der Waals surface area contributed by atoms with Crippen LogP contribution < -0.4 is 4.74 Å². The van der Waals surface area contributed by atoms with Crippen molar-refractivity contribution in [2.75, 3.05) is 33.4 Å². The lowest BCUT2D eigenvalue weighted by Crippen LogP contribution is -2.35. The molecule has 0 spiro atoms. The van der Waals surface area contributed by atoms with E-state index < -0.39 is 5.97 Å². The standard InChI is InChI=1S/C30H40N4O4/c1-4-7-23(8-5-2)34-28-27(29(32-34)38-24-9-6-10-24)25(19-26(31-28)30(35)36-3)22-13-11-21(12-14-22)20-33-15-17-37-18-16-33/h11-14,19,23-24H,4-10,15-18,20H2,1-3H3. The number of nitrogens with zero attached hydrogens (tertiary/aromatic N) is 4. The number of pyridine rings is 1. The average molecular weight is 521 g/mol. The van der Waals surface area contributed by atoms with Crippen molar-refractivity contribution in [3.05, 3.63) is 41.6 Å². The molecule has 0 amide bonds. The third kappa shape index (κ3) is 5.71. The van der Waals surface area contributed by atoms with Crippen LogP contribution in [0.5, 0.6) is 5.88 Å². The van der Waals surface area contributed by atoms with Crippen molar-refractivity contribution < 1.29 is 19.0 Å². The molecule has 204 valence electrons. The van der Waals surface area contributed by atoms with Gasteiger partial charge in [0.2, 0.25) is 5.88 Å². The van der Waals surface area contributed by atoms with E-state index in [1.54, 1.807) is 0 Å². The van der Waals surface area contributed by atoms with Gasteiger partial charge < -0.3 is 14.2 Å². The van der Waals surface area contributed by atoms with Crippen molar-refractivity contribution >= 4 is 17.0 Å². The number of fused-ring (bicyclic) bond motifs is 1. The van der Waals surface area contributed by atoms with E-state index in [4.69, 9.17) is 24.3 Å². The van der Waals surface area contributed by atoms with Gasteiger partial charge in [-0.1, -0.05) is 51.0 Å². The maximum Gasteiger partial charge on any atom is 0.356 e. The summed E-state index contributed by atoms with van der Waals surface area (Å²) in [4.78, 5) is 20.0. The summed E-state index contributed by atoms with van der Waals surface area (Å²) in [6.45, 7) is 8.75. The van der Waals surface area contributed by atoms with E-state index in [1.807, 2.05) is 10.7 Å². The Labute approximate surface area is 225 Å². The molecular weight excluding hydrogens is 480 g/mol. The van der Waals surface area contributed by atoms with Crippen molar-refractivity contribution in [3.63, 3.8) is 0 Å². The number of morpholine rings is 1. The lowest BCUT2D eigenvalue weighted by molar-refractivity contribution is 0.0342. The van der Waals surface area contributed by atoms with Crippen LogP contribution in [0.2, 0.25) is 0 Å². The van der Waals surface area contributed by atoms with Gasteiger partial charge in [-0.05, 0) is 49.3 Å². The second-order valence-electron chi connectivity index (χ2n) is 10.5. The van der Waals surface area contributed by atoms with E-state index in [0.29, 0.717) is 11.5 Å². The molecule has 3 aromatic rings. The number of benzene rings is 1. The van der Waals surface area contributed by atoms with Crippen LogP contribution in [0.15, 0.2) is 30.3 Å². The van der Waals surface area contributed by atoms with Crippen molar-refractivity contribution in [1.82, 2.24) is 19.7 Å². The molecule has 1 aliphatic carbocycles. The van der Waals surface area contributed by atoms with Crippen LogP contribution in [-0.2, 0) is 16.0 Å². The fourth-order valence-electron chi connectivity index (χ4n) is 5.39. The molecule has 0 unspecified atom stereocenters. The third-order valence-corrected chi connectivity index (χ3v) is 7.72.